The number of amides is 1. The van der Waals surface area contributed by atoms with Crippen LogP contribution < -0.4 is 5.32 Å². The van der Waals surface area contributed by atoms with Gasteiger partial charge in [-0.05, 0) is 18.6 Å². The van der Waals surface area contributed by atoms with Crippen LogP contribution in [0, 0.1) is 6.92 Å². The molecule has 1 aromatic carbocycles. The number of alkyl halides is 6. The first-order chi connectivity index (χ1) is 15.3. The number of aliphatic hydroxyl groups is 1. The first-order valence-electron chi connectivity index (χ1n) is 9.53. The average molecular weight is 475 g/mol. The third kappa shape index (κ3) is 4.58. The van der Waals surface area contributed by atoms with Gasteiger partial charge in [0.2, 0.25) is 5.60 Å². The van der Waals surface area contributed by atoms with Crippen LogP contribution in [0.15, 0.2) is 42.9 Å². The van der Waals surface area contributed by atoms with Gasteiger partial charge in [-0.3, -0.25) is 4.79 Å². The van der Waals surface area contributed by atoms with Crippen molar-refractivity contribution in [2.45, 2.75) is 31.3 Å². The van der Waals surface area contributed by atoms with Crippen LogP contribution in [-0.4, -0.2) is 43.1 Å². The summed E-state index contributed by atoms with van der Waals surface area (Å²) in [7, 11) is 1.24. The Kier molecular flexibility index (Phi) is 6.29. The highest BCUT2D eigenvalue weighted by Gasteiger charge is 2.57. The Balaban J connectivity index is 1.87. The first kappa shape index (κ1) is 24.3. The number of halogens is 6. The Morgan fingerprint density at radius 3 is 2.36 bits per heavy atom. The van der Waals surface area contributed by atoms with Gasteiger partial charge in [-0.1, -0.05) is 18.2 Å². The maximum Gasteiger partial charge on any atom is 0.434 e. The number of nitrogens with zero attached hydrogens (tertiary/aromatic N) is 4. The molecule has 2 N–H and O–H groups in total. The standard InChI is InChI=1S/C20H19F6N5O2/c1-12-5-3-4-6-14(12)31-15(19(21,22)23)13(11-29-31)16(32)27-8-7-18(33,20(24,25)26)17-28-9-10-30(17)2/h3-6,9-11,33H,7-8H2,1-2H3,(H,27,32). The molecular weight excluding hydrogens is 456 g/mol. The smallest absolute Gasteiger partial charge is 0.374 e. The van der Waals surface area contributed by atoms with Crippen LogP contribution in [0.1, 0.15) is 33.9 Å². The van der Waals surface area contributed by atoms with E-state index < -0.39 is 53.9 Å². The highest BCUT2D eigenvalue weighted by molar-refractivity contribution is 5.95. The van der Waals surface area contributed by atoms with Crippen LogP contribution in [0.25, 0.3) is 5.69 Å². The van der Waals surface area contributed by atoms with Gasteiger partial charge < -0.3 is 15.0 Å². The molecule has 1 amide bonds. The van der Waals surface area contributed by atoms with Crippen LogP contribution in [-0.2, 0) is 18.8 Å². The normalized spacial score (nSPS) is 14.2. The highest BCUT2D eigenvalue weighted by atomic mass is 19.4. The lowest BCUT2D eigenvalue weighted by atomic mass is 9.97. The first-order valence-corrected chi connectivity index (χ1v) is 9.53. The van der Waals surface area contributed by atoms with Gasteiger partial charge in [0.15, 0.2) is 5.69 Å². The van der Waals surface area contributed by atoms with E-state index in [0.717, 1.165) is 10.8 Å². The monoisotopic (exact) mass is 475 g/mol. The van der Waals surface area contributed by atoms with Gasteiger partial charge in [0.05, 0.1) is 17.4 Å². The molecule has 1 unspecified atom stereocenters. The molecule has 3 rings (SSSR count). The van der Waals surface area contributed by atoms with Crippen molar-refractivity contribution in [3.63, 3.8) is 0 Å². The number of imidazole rings is 1. The average Bonchev–Trinajstić information content (AvgIpc) is 3.33. The van der Waals surface area contributed by atoms with Crippen molar-refractivity contribution in [1.82, 2.24) is 24.6 Å². The summed E-state index contributed by atoms with van der Waals surface area (Å²) in [5, 5.41) is 16.0. The summed E-state index contributed by atoms with van der Waals surface area (Å²) < 4.78 is 83.6. The summed E-state index contributed by atoms with van der Waals surface area (Å²) >= 11 is 0. The Hall–Kier alpha value is -3.35. The van der Waals surface area contributed by atoms with E-state index in [0.29, 0.717) is 16.4 Å². The quantitative estimate of drug-likeness (QED) is 0.535. The zero-order chi connectivity index (χ0) is 24.6. The highest BCUT2D eigenvalue weighted by Crippen LogP contribution is 2.40. The van der Waals surface area contributed by atoms with Gasteiger partial charge in [0.1, 0.15) is 5.82 Å². The van der Waals surface area contributed by atoms with E-state index in [-0.39, 0.29) is 5.69 Å². The number of aryl methyl sites for hydroxylation is 2. The number of benzene rings is 1. The molecular formula is C20H19F6N5O2. The van der Waals surface area contributed by atoms with Crippen molar-refractivity contribution in [1.29, 1.82) is 0 Å². The number of aromatic nitrogens is 4. The fourth-order valence-corrected chi connectivity index (χ4v) is 3.37. The summed E-state index contributed by atoms with van der Waals surface area (Å²) in [5.41, 5.74) is -5.10. The molecule has 2 heterocycles. The number of hydrogen-bond donors (Lipinski definition) is 2. The van der Waals surface area contributed by atoms with Crippen LogP contribution in [0.3, 0.4) is 0 Å². The minimum atomic E-state index is -5.15. The van der Waals surface area contributed by atoms with E-state index >= 15 is 0 Å². The molecule has 0 radical (unpaired) electrons. The molecule has 2 aromatic heterocycles. The van der Waals surface area contributed by atoms with Gasteiger partial charge in [-0.15, -0.1) is 0 Å². The van der Waals surface area contributed by atoms with Gasteiger partial charge in [-0.25, -0.2) is 9.67 Å². The molecule has 0 aliphatic heterocycles. The molecule has 3 aromatic rings. The minimum Gasteiger partial charge on any atom is -0.374 e. The largest absolute Gasteiger partial charge is 0.434 e. The second kappa shape index (κ2) is 8.54. The predicted octanol–water partition coefficient (Wildman–Crippen LogP) is 3.50. The summed E-state index contributed by atoms with van der Waals surface area (Å²) in [6.07, 6.45) is -8.26. The third-order valence-electron chi connectivity index (χ3n) is 5.06. The lowest BCUT2D eigenvalue weighted by molar-refractivity contribution is -0.272. The molecule has 0 fully saturated rings. The fourth-order valence-electron chi connectivity index (χ4n) is 3.37. The lowest BCUT2D eigenvalue weighted by Gasteiger charge is -2.30. The molecule has 0 saturated heterocycles. The van der Waals surface area contributed by atoms with Crippen LogP contribution in [0.2, 0.25) is 0 Å². The zero-order valence-corrected chi connectivity index (χ0v) is 17.4. The van der Waals surface area contributed by atoms with E-state index in [1.54, 1.807) is 19.1 Å². The Bertz CT molecular complexity index is 1150. The summed E-state index contributed by atoms with van der Waals surface area (Å²) in [5.74, 6) is -2.00. The second-order valence-corrected chi connectivity index (χ2v) is 7.33. The third-order valence-corrected chi connectivity index (χ3v) is 5.06. The van der Waals surface area contributed by atoms with E-state index in [1.165, 1.54) is 25.4 Å². The SMILES string of the molecule is Cc1ccccc1-n1ncc(C(=O)NCCC(O)(c2nccn2C)C(F)(F)F)c1C(F)(F)F. The van der Waals surface area contributed by atoms with E-state index in [9.17, 15) is 36.2 Å². The zero-order valence-electron chi connectivity index (χ0n) is 17.4. The Morgan fingerprint density at radius 2 is 1.82 bits per heavy atom. The Morgan fingerprint density at radius 1 is 1.15 bits per heavy atom. The Labute approximate surface area is 183 Å². The van der Waals surface area contributed by atoms with E-state index in [1.807, 2.05) is 5.32 Å². The molecule has 33 heavy (non-hydrogen) atoms. The molecule has 0 aliphatic carbocycles. The molecule has 1 atom stereocenters. The van der Waals surface area contributed by atoms with Crippen LogP contribution in [0.4, 0.5) is 26.3 Å². The van der Waals surface area contributed by atoms with Crippen LogP contribution in [0.5, 0.6) is 0 Å². The lowest BCUT2D eigenvalue weighted by Crippen LogP contribution is -2.46. The van der Waals surface area contributed by atoms with Gasteiger partial charge in [0, 0.05) is 32.4 Å². The number of rotatable bonds is 6. The summed E-state index contributed by atoms with van der Waals surface area (Å²) in [6.45, 7) is 0.779. The van der Waals surface area contributed by atoms with Gasteiger partial charge in [0.25, 0.3) is 5.91 Å². The number of carbonyl (C=O) groups is 1. The molecule has 13 heteroatoms. The van der Waals surface area contributed by atoms with Crippen molar-refractivity contribution in [2.24, 2.45) is 7.05 Å². The molecule has 0 spiro atoms. The molecule has 7 nitrogen and oxygen atoms in total. The van der Waals surface area contributed by atoms with Crippen molar-refractivity contribution >= 4 is 5.91 Å². The van der Waals surface area contributed by atoms with Crippen molar-refractivity contribution < 1.29 is 36.2 Å². The van der Waals surface area contributed by atoms with Crippen LogP contribution >= 0.6 is 0 Å². The molecule has 0 saturated carbocycles. The number of hydrogen-bond acceptors (Lipinski definition) is 4. The maximum absolute atomic E-state index is 13.8. The summed E-state index contributed by atoms with van der Waals surface area (Å²) in [4.78, 5) is 16.0. The number of nitrogens with one attached hydrogen (secondary N) is 1. The topological polar surface area (TPSA) is 85.0 Å². The predicted molar refractivity (Wildman–Crippen MR) is 103 cm³/mol. The van der Waals surface area contributed by atoms with Crippen molar-refractivity contribution in [3.8, 4) is 5.69 Å². The van der Waals surface area contributed by atoms with E-state index in [2.05, 4.69) is 10.1 Å². The molecule has 178 valence electrons. The van der Waals surface area contributed by atoms with Gasteiger partial charge >= 0.3 is 12.4 Å². The minimum absolute atomic E-state index is 0.0881. The second-order valence-electron chi connectivity index (χ2n) is 7.33. The maximum atomic E-state index is 13.8. The van der Waals surface area contributed by atoms with Gasteiger partial charge in [-0.2, -0.15) is 31.4 Å². The number of para-hydroxylation sites is 1. The van der Waals surface area contributed by atoms with Crippen molar-refractivity contribution in [2.75, 3.05) is 6.54 Å². The summed E-state index contributed by atoms with van der Waals surface area (Å²) in [6, 6.07) is 6.06. The molecule has 0 aliphatic rings. The van der Waals surface area contributed by atoms with E-state index in [4.69, 9.17) is 0 Å². The number of carbonyl (C=O) groups excluding carboxylic acids is 1. The van der Waals surface area contributed by atoms with Crippen molar-refractivity contribution in [3.05, 3.63) is 65.5 Å². The fraction of sp³-hybridized carbons (Fsp3) is 0.350. The molecule has 0 bridgehead atoms.